The van der Waals surface area contributed by atoms with Gasteiger partial charge in [0, 0.05) is 16.0 Å². The summed E-state index contributed by atoms with van der Waals surface area (Å²) < 4.78 is 24.2. The molecule has 0 spiro atoms. The second-order valence-corrected chi connectivity index (χ2v) is 26.6. The van der Waals surface area contributed by atoms with Crippen LogP contribution in [-0.2, 0) is 21.9 Å². The average molecular weight is 467 g/mol. The van der Waals surface area contributed by atoms with Crippen LogP contribution in [0, 0.1) is 5.41 Å². The summed E-state index contributed by atoms with van der Waals surface area (Å²) in [5, 5.41) is -0.387. The first-order valence-corrected chi connectivity index (χ1v) is 21.1. The van der Waals surface area contributed by atoms with Gasteiger partial charge in [-0.15, -0.1) is 0 Å². The molecule has 0 unspecified atom stereocenters. The van der Waals surface area contributed by atoms with Crippen LogP contribution in [0.3, 0.4) is 0 Å². The van der Waals surface area contributed by atoms with Crippen molar-refractivity contribution in [3.05, 3.63) is 12.2 Å². The van der Waals surface area contributed by atoms with E-state index >= 15 is 0 Å². The molecule has 0 aliphatic heterocycles. The lowest BCUT2D eigenvalue weighted by molar-refractivity contribution is -0.138. The summed E-state index contributed by atoms with van der Waals surface area (Å²) in [4.78, 5) is 12.6. The number of hydrogen-bond acceptors (Lipinski definition) is 5. The molecular weight excluding hydrogens is 425 g/mol. The van der Waals surface area contributed by atoms with E-state index in [1.165, 1.54) is 0 Å². The number of carbonyl (C=O) groups excluding carboxylic acids is 1. The molecule has 0 radical (unpaired) electrons. The Labute approximate surface area is 175 Å². The van der Waals surface area contributed by atoms with Crippen LogP contribution < -0.4 is 0 Å². The van der Waals surface area contributed by atoms with Gasteiger partial charge < -0.3 is 17.1 Å². The first-order chi connectivity index (χ1) is 11.8. The predicted molar refractivity (Wildman–Crippen MR) is 128 cm³/mol. The molecule has 0 saturated carbocycles. The highest BCUT2D eigenvalue weighted by Crippen LogP contribution is 2.57. The van der Waals surface area contributed by atoms with Crippen molar-refractivity contribution < 1.29 is 21.9 Å². The van der Waals surface area contributed by atoms with E-state index < -0.39 is 40.4 Å². The molecule has 0 aliphatic rings. The Morgan fingerprint density at radius 3 is 1.70 bits per heavy atom. The van der Waals surface area contributed by atoms with Crippen molar-refractivity contribution in [3.8, 4) is 0 Å². The molecular formula is C17H42O5Si5. The molecule has 10 heteroatoms. The van der Waals surface area contributed by atoms with Gasteiger partial charge in [-0.05, 0) is 45.8 Å². The van der Waals surface area contributed by atoms with Crippen LogP contribution in [0.25, 0.3) is 0 Å². The minimum atomic E-state index is -2.69. The second-order valence-electron chi connectivity index (χ2n) is 10.2. The Hall–Kier alpha value is 0.174. The molecule has 0 atom stereocenters. The zero-order chi connectivity index (χ0) is 21.9. The van der Waals surface area contributed by atoms with Crippen molar-refractivity contribution in [3.63, 3.8) is 0 Å². The lowest BCUT2D eigenvalue weighted by atomic mass is 9.74. The topological polar surface area (TPSA) is 54.0 Å². The highest BCUT2D eigenvalue weighted by atomic mass is 28.5. The third-order valence-corrected chi connectivity index (χ3v) is 18.1. The van der Waals surface area contributed by atoms with Crippen LogP contribution >= 0.6 is 0 Å². The summed E-state index contributed by atoms with van der Waals surface area (Å²) in [6, 6.07) is 0. The van der Waals surface area contributed by atoms with Crippen LogP contribution in [0.15, 0.2) is 12.2 Å². The monoisotopic (exact) mass is 466 g/mol. The second kappa shape index (κ2) is 9.33. The minimum Gasteiger partial charge on any atom is -0.466 e. The van der Waals surface area contributed by atoms with Crippen LogP contribution in [0.4, 0.5) is 0 Å². The molecule has 0 fully saturated rings. The van der Waals surface area contributed by atoms with Gasteiger partial charge in [-0.2, -0.15) is 0 Å². The third-order valence-electron chi connectivity index (χ3n) is 5.22. The summed E-state index contributed by atoms with van der Waals surface area (Å²) in [7, 11) is -6.48. The van der Waals surface area contributed by atoms with Gasteiger partial charge >= 0.3 is 14.5 Å². The SMILES string of the molecule is C=C(C(=O)OC[SiH2]O[SiH3])C(C)(C)C(C)(C)[Si](C)(O[Si](C)(C)C)O[Si](C)(C)C. The van der Waals surface area contributed by atoms with Crippen LogP contribution in [0.1, 0.15) is 27.7 Å². The van der Waals surface area contributed by atoms with E-state index in [1.807, 2.05) is 0 Å². The van der Waals surface area contributed by atoms with Crippen LogP contribution in [0.2, 0.25) is 50.9 Å². The standard InChI is InChI=1S/C17H42O5Si5/c1-14(15(18)19-13-24-20-23)16(2,3)17(4,5)27(12,21-25(6,7)8)22-26(9,10)11/h1,13,24H2,2-12,23H3. The van der Waals surface area contributed by atoms with Gasteiger partial charge in [0.05, 0.1) is 0 Å². The molecule has 0 saturated heterocycles. The number of hydrogen-bond donors (Lipinski definition) is 0. The van der Waals surface area contributed by atoms with E-state index in [0.29, 0.717) is 22.3 Å². The molecule has 0 amide bonds. The normalized spacial score (nSPS) is 14.8. The minimum absolute atomic E-state index is 0.336. The lowest BCUT2D eigenvalue weighted by Gasteiger charge is -2.54. The van der Waals surface area contributed by atoms with Crippen molar-refractivity contribution in [1.29, 1.82) is 0 Å². The van der Waals surface area contributed by atoms with E-state index in [2.05, 4.69) is 80.1 Å². The number of carbonyl (C=O) groups is 1. The molecule has 27 heavy (non-hydrogen) atoms. The predicted octanol–water partition coefficient (Wildman–Crippen LogP) is 3.01. The van der Waals surface area contributed by atoms with Crippen molar-refractivity contribution in [1.82, 2.24) is 0 Å². The van der Waals surface area contributed by atoms with E-state index in [-0.39, 0.29) is 11.0 Å². The highest BCUT2D eigenvalue weighted by Gasteiger charge is 2.60. The zero-order valence-corrected chi connectivity index (χ0v) is 26.1. The van der Waals surface area contributed by atoms with Gasteiger partial charge in [-0.25, -0.2) is 4.79 Å². The van der Waals surface area contributed by atoms with E-state index in [4.69, 9.17) is 17.1 Å². The number of rotatable bonds is 11. The fraction of sp³-hybridized carbons (Fsp3) is 0.824. The molecule has 0 aliphatic carbocycles. The summed E-state index contributed by atoms with van der Waals surface area (Å²) in [6.07, 6.45) is 0.392. The fourth-order valence-corrected chi connectivity index (χ4v) is 17.1. The first-order valence-electron chi connectivity index (χ1n) is 9.56. The molecule has 160 valence electrons. The van der Waals surface area contributed by atoms with Gasteiger partial charge in [0.25, 0.3) is 0 Å². The van der Waals surface area contributed by atoms with E-state index in [1.54, 1.807) is 0 Å². The summed E-state index contributed by atoms with van der Waals surface area (Å²) in [6.45, 7) is 27.9. The van der Waals surface area contributed by atoms with Gasteiger partial charge in [0.1, 0.15) is 16.7 Å². The van der Waals surface area contributed by atoms with Crippen molar-refractivity contribution >= 4 is 51.4 Å². The molecule has 0 aromatic carbocycles. The van der Waals surface area contributed by atoms with Gasteiger partial charge in [0.15, 0.2) is 26.4 Å². The highest BCUT2D eigenvalue weighted by molar-refractivity contribution is 6.89. The zero-order valence-electron chi connectivity index (χ0n) is 19.7. The Bertz CT molecular complexity index is 519. The molecule has 0 rings (SSSR count). The smallest absolute Gasteiger partial charge is 0.333 e. The van der Waals surface area contributed by atoms with E-state index in [9.17, 15) is 4.79 Å². The van der Waals surface area contributed by atoms with Gasteiger partial charge in [-0.1, -0.05) is 34.3 Å². The maximum absolute atomic E-state index is 12.6. The van der Waals surface area contributed by atoms with Crippen molar-refractivity contribution in [2.24, 2.45) is 5.41 Å². The van der Waals surface area contributed by atoms with Gasteiger partial charge in [-0.3, -0.25) is 0 Å². The molecule has 0 N–H and O–H groups in total. The average Bonchev–Trinajstić information content (AvgIpc) is 2.41. The van der Waals surface area contributed by atoms with Crippen molar-refractivity contribution in [2.45, 2.75) is 78.6 Å². The summed E-state index contributed by atoms with van der Waals surface area (Å²) >= 11 is 0. The quantitative estimate of drug-likeness (QED) is 0.203. The Morgan fingerprint density at radius 2 is 1.37 bits per heavy atom. The van der Waals surface area contributed by atoms with Crippen LogP contribution in [0.5, 0.6) is 0 Å². The molecule has 0 heterocycles. The Balaban J connectivity index is 5.93. The first kappa shape index (κ1) is 27.2. The molecule has 5 nitrogen and oxygen atoms in total. The third kappa shape index (κ3) is 7.50. The number of ether oxygens (including phenoxy) is 1. The molecule has 0 bridgehead atoms. The van der Waals surface area contributed by atoms with E-state index in [0.717, 1.165) is 0 Å². The largest absolute Gasteiger partial charge is 0.466 e. The molecule has 0 aromatic heterocycles. The Kier molecular flexibility index (Phi) is 9.39. The summed E-state index contributed by atoms with van der Waals surface area (Å²) in [5.41, 5.74) is -0.0554. The maximum Gasteiger partial charge on any atom is 0.333 e. The summed E-state index contributed by atoms with van der Waals surface area (Å²) in [5.74, 6) is -0.336. The molecule has 0 aromatic rings. The fourth-order valence-electron chi connectivity index (χ4n) is 2.95. The maximum atomic E-state index is 12.6. The lowest BCUT2D eigenvalue weighted by Crippen LogP contribution is -2.62. The number of esters is 1. The Morgan fingerprint density at radius 1 is 0.963 bits per heavy atom. The van der Waals surface area contributed by atoms with Crippen molar-refractivity contribution in [2.75, 3.05) is 6.23 Å². The van der Waals surface area contributed by atoms with Gasteiger partial charge in [0.2, 0.25) is 0 Å². The van der Waals surface area contributed by atoms with Crippen LogP contribution in [-0.4, -0.2) is 57.6 Å².